The highest BCUT2D eigenvalue weighted by atomic mass is 16.7. The van der Waals surface area contributed by atoms with Gasteiger partial charge in [0.05, 0.1) is 5.56 Å². The molecule has 2 unspecified atom stereocenters. The molecule has 0 fully saturated rings. The second kappa shape index (κ2) is 11.2. The van der Waals surface area contributed by atoms with Gasteiger partial charge in [0.1, 0.15) is 5.75 Å². The molecule has 0 radical (unpaired) electrons. The van der Waals surface area contributed by atoms with Crippen LogP contribution in [0.3, 0.4) is 0 Å². The van der Waals surface area contributed by atoms with Crippen LogP contribution in [-0.2, 0) is 9.47 Å². The summed E-state index contributed by atoms with van der Waals surface area (Å²) in [7, 11) is 0. The Bertz CT molecular complexity index is 800. The van der Waals surface area contributed by atoms with Gasteiger partial charge in [0.25, 0.3) is 0 Å². The molecule has 2 aromatic carbocycles. The smallest absolute Gasteiger partial charge is 0.343 e. The lowest BCUT2D eigenvalue weighted by molar-refractivity contribution is -0.0766. The SMILES string of the molecule is C=Cc1ccc(C(=O)Oc2ccc(OC(C)OCC)c(OC(C)OCC)c2)cc1. The summed E-state index contributed by atoms with van der Waals surface area (Å²) in [4.78, 5) is 12.4. The van der Waals surface area contributed by atoms with Gasteiger partial charge in [-0.25, -0.2) is 4.79 Å². The van der Waals surface area contributed by atoms with E-state index in [4.69, 9.17) is 23.7 Å². The van der Waals surface area contributed by atoms with Gasteiger partial charge < -0.3 is 23.7 Å². The number of carbonyl (C=O) groups is 1. The minimum atomic E-state index is -0.498. The van der Waals surface area contributed by atoms with Gasteiger partial charge in [0, 0.05) is 19.3 Å². The minimum absolute atomic E-state index is 0.331. The van der Waals surface area contributed by atoms with Crippen LogP contribution in [0.1, 0.15) is 43.6 Å². The zero-order chi connectivity index (χ0) is 21.2. The van der Waals surface area contributed by atoms with Crippen molar-refractivity contribution in [3.63, 3.8) is 0 Å². The van der Waals surface area contributed by atoms with E-state index >= 15 is 0 Å². The molecule has 0 saturated heterocycles. The first-order chi connectivity index (χ1) is 14.0. The number of ether oxygens (including phenoxy) is 5. The Morgan fingerprint density at radius 3 is 2.07 bits per heavy atom. The molecule has 2 aromatic rings. The van der Waals surface area contributed by atoms with Crippen molar-refractivity contribution in [1.82, 2.24) is 0 Å². The third-order valence-corrected chi connectivity index (χ3v) is 3.90. The van der Waals surface area contributed by atoms with Gasteiger partial charge in [0.2, 0.25) is 0 Å². The number of esters is 1. The lowest BCUT2D eigenvalue weighted by Crippen LogP contribution is -2.19. The first-order valence-electron chi connectivity index (χ1n) is 9.62. The van der Waals surface area contributed by atoms with Crippen LogP contribution in [0.2, 0.25) is 0 Å². The highest BCUT2D eigenvalue weighted by Crippen LogP contribution is 2.33. The molecule has 0 heterocycles. The van der Waals surface area contributed by atoms with Gasteiger partial charge in [-0.15, -0.1) is 0 Å². The molecule has 0 N–H and O–H groups in total. The van der Waals surface area contributed by atoms with Crippen molar-refractivity contribution in [1.29, 1.82) is 0 Å². The molecule has 29 heavy (non-hydrogen) atoms. The van der Waals surface area contributed by atoms with Crippen LogP contribution in [0.5, 0.6) is 17.2 Å². The summed E-state index contributed by atoms with van der Waals surface area (Å²) in [6.07, 6.45) is 0.754. The Morgan fingerprint density at radius 1 is 0.931 bits per heavy atom. The molecule has 0 spiro atoms. The summed E-state index contributed by atoms with van der Waals surface area (Å²) >= 11 is 0. The van der Waals surface area contributed by atoms with Crippen LogP contribution in [0, 0.1) is 0 Å². The molecule has 0 bridgehead atoms. The van der Waals surface area contributed by atoms with Crippen molar-refractivity contribution >= 4 is 12.0 Å². The topological polar surface area (TPSA) is 63.2 Å². The first-order valence-corrected chi connectivity index (χ1v) is 9.62. The number of carbonyl (C=O) groups excluding carboxylic acids is 1. The largest absolute Gasteiger partial charge is 0.461 e. The van der Waals surface area contributed by atoms with Crippen LogP contribution < -0.4 is 14.2 Å². The zero-order valence-electron chi connectivity index (χ0n) is 17.3. The van der Waals surface area contributed by atoms with Gasteiger partial charge in [0.15, 0.2) is 24.1 Å². The average Bonchev–Trinajstić information content (AvgIpc) is 2.70. The fourth-order valence-corrected chi connectivity index (χ4v) is 2.56. The highest BCUT2D eigenvalue weighted by Gasteiger charge is 2.16. The third kappa shape index (κ3) is 6.93. The second-order valence-electron chi connectivity index (χ2n) is 6.11. The second-order valence-corrected chi connectivity index (χ2v) is 6.11. The molecule has 6 nitrogen and oxygen atoms in total. The number of hydrogen-bond donors (Lipinski definition) is 0. The first kappa shape index (κ1) is 22.5. The summed E-state index contributed by atoms with van der Waals surface area (Å²) in [6, 6.07) is 11.9. The molecule has 0 saturated carbocycles. The predicted octanol–water partition coefficient (Wildman–Crippen LogP) is 5.07. The molecule has 2 atom stereocenters. The molecule has 0 aliphatic carbocycles. The fraction of sp³-hybridized carbons (Fsp3) is 0.348. The monoisotopic (exact) mass is 400 g/mol. The summed E-state index contributed by atoms with van der Waals surface area (Å²) in [5.74, 6) is 0.719. The maximum Gasteiger partial charge on any atom is 0.343 e. The highest BCUT2D eigenvalue weighted by molar-refractivity contribution is 5.91. The van der Waals surface area contributed by atoms with Gasteiger partial charge in [-0.1, -0.05) is 24.8 Å². The van der Waals surface area contributed by atoms with Crippen LogP contribution in [0.15, 0.2) is 49.0 Å². The van der Waals surface area contributed by atoms with Crippen molar-refractivity contribution in [2.45, 2.75) is 40.3 Å². The Labute approximate surface area is 172 Å². The van der Waals surface area contributed by atoms with Crippen LogP contribution in [0.4, 0.5) is 0 Å². The summed E-state index contributed by atoms with van der Waals surface area (Å²) < 4.78 is 28.0. The van der Waals surface area contributed by atoms with Crippen LogP contribution >= 0.6 is 0 Å². The molecular formula is C23H28O6. The molecule has 0 amide bonds. The third-order valence-electron chi connectivity index (χ3n) is 3.90. The Hall–Kier alpha value is -2.83. The zero-order valence-corrected chi connectivity index (χ0v) is 17.3. The predicted molar refractivity (Wildman–Crippen MR) is 111 cm³/mol. The van der Waals surface area contributed by atoms with Crippen molar-refractivity contribution in [3.05, 3.63) is 60.2 Å². The normalized spacial score (nSPS) is 12.7. The molecule has 0 aliphatic rings. The van der Waals surface area contributed by atoms with Crippen molar-refractivity contribution < 1.29 is 28.5 Å². The van der Waals surface area contributed by atoms with E-state index in [1.807, 2.05) is 13.8 Å². The van der Waals surface area contributed by atoms with Crippen LogP contribution in [-0.4, -0.2) is 31.8 Å². The summed E-state index contributed by atoms with van der Waals surface area (Å²) in [6.45, 7) is 12.1. The van der Waals surface area contributed by atoms with Crippen LogP contribution in [0.25, 0.3) is 6.08 Å². The van der Waals surface area contributed by atoms with E-state index in [1.165, 1.54) is 0 Å². The van der Waals surface area contributed by atoms with Gasteiger partial charge in [-0.3, -0.25) is 0 Å². The minimum Gasteiger partial charge on any atom is -0.461 e. The molecule has 6 heteroatoms. The van der Waals surface area contributed by atoms with E-state index in [9.17, 15) is 4.79 Å². The van der Waals surface area contributed by atoms with Crippen molar-refractivity contribution in [3.8, 4) is 17.2 Å². The quantitative estimate of drug-likeness (QED) is 0.298. The molecular weight excluding hydrogens is 372 g/mol. The number of rotatable bonds is 11. The number of benzene rings is 2. The van der Waals surface area contributed by atoms with E-state index in [0.29, 0.717) is 36.0 Å². The molecule has 0 aliphatic heterocycles. The van der Waals surface area contributed by atoms with E-state index in [1.54, 1.807) is 62.4 Å². The molecule has 156 valence electrons. The maximum atomic E-state index is 12.4. The van der Waals surface area contributed by atoms with E-state index < -0.39 is 18.5 Å². The van der Waals surface area contributed by atoms with E-state index in [-0.39, 0.29) is 0 Å². The van der Waals surface area contributed by atoms with Gasteiger partial charge >= 0.3 is 5.97 Å². The summed E-state index contributed by atoms with van der Waals surface area (Å²) in [5.41, 5.74) is 1.36. The van der Waals surface area contributed by atoms with Gasteiger partial charge in [-0.05, 0) is 57.5 Å². The summed E-state index contributed by atoms with van der Waals surface area (Å²) in [5, 5.41) is 0. The lowest BCUT2D eigenvalue weighted by atomic mass is 10.1. The van der Waals surface area contributed by atoms with Crippen molar-refractivity contribution in [2.75, 3.05) is 13.2 Å². The Kier molecular flexibility index (Phi) is 8.70. The fourth-order valence-electron chi connectivity index (χ4n) is 2.56. The molecule has 2 rings (SSSR count). The Morgan fingerprint density at radius 2 is 1.52 bits per heavy atom. The van der Waals surface area contributed by atoms with Crippen molar-refractivity contribution in [2.24, 2.45) is 0 Å². The molecule has 0 aromatic heterocycles. The lowest BCUT2D eigenvalue weighted by Gasteiger charge is -2.20. The number of hydrogen-bond acceptors (Lipinski definition) is 6. The van der Waals surface area contributed by atoms with Gasteiger partial charge in [-0.2, -0.15) is 0 Å². The average molecular weight is 400 g/mol. The van der Waals surface area contributed by atoms with E-state index in [2.05, 4.69) is 6.58 Å². The Balaban J connectivity index is 2.20. The maximum absolute atomic E-state index is 12.4. The standard InChI is InChI=1S/C23H28O6/c1-6-18-9-11-19(12-10-18)23(24)29-20-13-14-21(27-16(4)25-7-2)22(15-20)28-17(5)26-8-3/h6,9-17H,1,7-8H2,2-5H3. The van der Waals surface area contributed by atoms with E-state index in [0.717, 1.165) is 5.56 Å².